The summed E-state index contributed by atoms with van der Waals surface area (Å²) in [5, 5.41) is 3.55. The molecule has 3 nitrogen and oxygen atoms in total. The summed E-state index contributed by atoms with van der Waals surface area (Å²) < 4.78 is 0. The number of amides is 1. The van der Waals surface area contributed by atoms with E-state index in [9.17, 15) is 4.79 Å². The van der Waals surface area contributed by atoms with Gasteiger partial charge in [0.15, 0.2) is 0 Å². The molecule has 5 aliphatic rings. The van der Waals surface area contributed by atoms with E-state index in [1.165, 1.54) is 32.1 Å². The highest BCUT2D eigenvalue weighted by atomic mass is 16.2. The number of hydrogen-bond donors (Lipinski definition) is 1. The van der Waals surface area contributed by atoms with E-state index in [4.69, 9.17) is 0 Å². The van der Waals surface area contributed by atoms with Crippen LogP contribution in [0.5, 0.6) is 0 Å². The summed E-state index contributed by atoms with van der Waals surface area (Å²) in [6.45, 7) is 4.43. The van der Waals surface area contributed by atoms with Crippen molar-refractivity contribution in [2.75, 3.05) is 13.1 Å². The van der Waals surface area contributed by atoms with Gasteiger partial charge < -0.3 is 5.32 Å². The predicted molar refractivity (Wildman–Crippen MR) is 81.7 cm³/mol. The number of rotatable bonds is 4. The van der Waals surface area contributed by atoms with Crippen LogP contribution in [-0.2, 0) is 4.79 Å². The van der Waals surface area contributed by atoms with Crippen LogP contribution in [0.2, 0.25) is 0 Å². The maximum atomic E-state index is 12.8. The Labute approximate surface area is 127 Å². The molecule has 4 saturated carbocycles. The molecule has 1 spiro atoms. The first-order chi connectivity index (χ1) is 10.2. The molecule has 1 N–H and O–H groups in total. The predicted octanol–water partition coefficient (Wildman–Crippen LogP) is 2.41. The Morgan fingerprint density at radius 1 is 1.33 bits per heavy atom. The Morgan fingerprint density at radius 2 is 2.24 bits per heavy atom. The van der Waals surface area contributed by atoms with Gasteiger partial charge >= 0.3 is 0 Å². The van der Waals surface area contributed by atoms with E-state index >= 15 is 0 Å². The lowest BCUT2D eigenvalue weighted by Crippen LogP contribution is -2.62. The van der Waals surface area contributed by atoms with Gasteiger partial charge in [-0.1, -0.05) is 6.92 Å². The van der Waals surface area contributed by atoms with Crippen LogP contribution in [0.4, 0.5) is 0 Å². The van der Waals surface area contributed by atoms with Crippen LogP contribution in [-0.4, -0.2) is 36.0 Å². The molecule has 5 rings (SSSR count). The first kappa shape index (κ1) is 12.9. The topological polar surface area (TPSA) is 32.3 Å². The number of carbonyl (C=O) groups is 1. The number of carbonyl (C=O) groups excluding carboxylic acids is 1. The first-order valence-corrected chi connectivity index (χ1v) is 9.28. The Balaban J connectivity index is 1.29. The van der Waals surface area contributed by atoms with Gasteiger partial charge in [-0.05, 0) is 87.1 Å². The standard InChI is InChI=1S/C18H28N2O/c1-2-5-20-6-3-4-15(20)17(21)19-16-13-8-11-7-12-10-18(12,16)14(13)9-11/h11-16H,2-10H2,1H3,(H,19,21)/t11?,12?,13?,14?,15-,16?,18?/m1/s1. The number of fused-ring (bicyclic) bond motifs is 1. The molecule has 1 aliphatic heterocycles. The van der Waals surface area contributed by atoms with Gasteiger partial charge in [-0.3, -0.25) is 9.69 Å². The van der Waals surface area contributed by atoms with Crippen LogP contribution in [0, 0.1) is 29.1 Å². The zero-order valence-corrected chi connectivity index (χ0v) is 13.2. The van der Waals surface area contributed by atoms with Crippen LogP contribution < -0.4 is 5.32 Å². The van der Waals surface area contributed by atoms with Crippen LogP contribution in [0.15, 0.2) is 0 Å². The van der Waals surface area contributed by atoms with Gasteiger partial charge in [0.05, 0.1) is 6.04 Å². The number of hydrogen-bond acceptors (Lipinski definition) is 2. The monoisotopic (exact) mass is 288 g/mol. The smallest absolute Gasteiger partial charge is 0.237 e. The minimum absolute atomic E-state index is 0.177. The molecule has 6 unspecified atom stereocenters. The lowest BCUT2D eigenvalue weighted by molar-refractivity contribution is -0.130. The molecule has 0 aromatic rings. The summed E-state index contributed by atoms with van der Waals surface area (Å²) in [6.07, 6.45) is 9.24. The fourth-order valence-corrected chi connectivity index (χ4v) is 6.95. The summed E-state index contributed by atoms with van der Waals surface area (Å²) in [4.78, 5) is 15.2. The molecule has 1 amide bonds. The van der Waals surface area contributed by atoms with Crippen molar-refractivity contribution in [1.82, 2.24) is 10.2 Å². The van der Waals surface area contributed by atoms with Crippen molar-refractivity contribution in [3.8, 4) is 0 Å². The van der Waals surface area contributed by atoms with Crippen LogP contribution in [0.25, 0.3) is 0 Å². The molecule has 2 bridgehead atoms. The van der Waals surface area contributed by atoms with E-state index in [0.717, 1.165) is 49.6 Å². The molecule has 1 heterocycles. The molecule has 0 aromatic heterocycles. The third kappa shape index (κ3) is 1.56. The second kappa shape index (κ2) is 4.24. The quantitative estimate of drug-likeness (QED) is 0.861. The molecule has 0 aromatic carbocycles. The maximum absolute atomic E-state index is 12.8. The average Bonchev–Trinajstić information content (AvgIpc) is 2.94. The average molecular weight is 288 g/mol. The van der Waals surface area contributed by atoms with E-state index in [0.29, 0.717) is 17.4 Å². The van der Waals surface area contributed by atoms with Crippen LogP contribution >= 0.6 is 0 Å². The van der Waals surface area contributed by atoms with Gasteiger partial charge in [-0.25, -0.2) is 0 Å². The minimum Gasteiger partial charge on any atom is -0.351 e. The highest BCUT2D eigenvalue weighted by Gasteiger charge is 2.78. The van der Waals surface area contributed by atoms with E-state index in [2.05, 4.69) is 17.1 Å². The van der Waals surface area contributed by atoms with E-state index in [-0.39, 0.29) is 6.04 Å². The third-order valence-corrected chi connectivity index (χ3v) is 7.70. The zero-order chi connectivity index (χ0) is 14.2. The normalized spacial score (nSPS) is 53.2. The van der Waals surface area contributed by atoms with E-state index < -0.39 is 0 Å². The largest absolute Gasteiger partial charge is 0.351 e. The van der Waals surface area contributed by atoms with Gasteiger partial charge in [0, 0.05) is 6.04 Å². The summed E-state index contributed by atoms with van der Waals surface area (Å²) in [5.74, 6) is 4.17. The van der Waals surface area contributed by atoms with Gasteiger partial charge in [0.1, 0.15) is 0 Å². The molecule has 4 aliphatic carbocycles. The van der Waals surface area contributed by atoms with Crippen molar-refractivity contribution >= 4 is 5.91 Å². The highest BCUT2D eigenvalue weighted by Crippen LogP contribution is 2.80. The van der Waals surface area contributed by atoms with Crippen molar-refractivity contribution < 1.29 is 4.79 Å². The Morgan fingerprint density at radius 3 is 3.10 bits per heavy atom. The van der Waals surface area contributed by atoms with Crippen molar-refractivity contribution in [3.63, 3.8) is 0 Å². The molecular weight excluding hydrogens is 260 g/mol. The van der Waals surface area contributed by atoms with Gasteiger partial charge in [-0.2, -0.15) is 0 Å². The Bertz CT molecular complexity index is 476. The summed E-state index contributed by atoms with van der Waals surface area (Å²) in [7, 11) is 0. The Kier molecular flexibility index (Phi) is 2.61. The van der Waals surface area contributed by atoms with Crippen molar-refractivity contribution in [1.29, 1.82) is 0 Å². The molecule has 0 radical (unpaired) electrons. The van der Waals surface area contributed by atoms with Gasteiger partial charge in [0.2, 0.25) is 5.91 Å². The molecular formula is C18H28N2O. The van der Waals surface area contributed by atoms with E-state index in [1.807, 2.05) is 0 Å². The van der Waals surface area contributed by atoms with Crippen molar-refractivity contribution in [2.45, 2.75) is 64.0 Å². The lowest BCUT2D eigenvalue weighted by atomic mass is 9.57. The molecule has 21 heavy (non-hydrogen) atoms. The second-order valence-electron chi connectivity index (χ2n) is 8.54. The lowest BCUT2D eigenvalue weighted by Gasteiger charge is -2.52. The fourth-order valence-electron chi connectivity index (χ4n) is 6.95. The summed E-state index contributed by atoms with van der Waals surface area (Å²) >= 11 is 0. The Hall–Kier alpha value is -0.570. The van der Waals surface area contributed by atoms with Crippen LogP contribution in [0.3, 0.4) is 0 Å². The summed E-state index contributed by atoms with van der Waals surface area (Å²) in [5.41, 5.74) is 0.585. The fraction of sp³-hybridized carbons (Fsp3) is 0.944. The SMILES string of the molecule is CCCN1CCC[C@@H]1C(=O)NC1C2CC3CC4CC41C2C3. The minimum atomic E-state index is 0.177. The van der Waals surface area contributed by atoms with Gasteiger partial charge in [-0.15, -0.1) is 0 Å². The molecule has 5 fully saturated rings. The van der Waals surface area contributed by atoms with Crippen LogP contribution in [0.1, 0.15) is 51.9 Å². The number of nitrogens with zero attached hydrogens (tertiary/aromatic N) is 1. The highest BCUT2D eigenvalue weighted by molar-refractivity contribution is 5.82. The molecule has 3 heteroatoms. The number of nitrogens with one attached hydrogen (secondary N) is 1. The zero-order valence-electron chi connectivity index (χ0n) is 13.2. The first-order valence-electron chi connectivity index (χ1n) is 9.28. The van der Waals surface area contributed by atoms with Crippen molar-refractivity contribution in [3.05, 3.63) is 0 Å². The molecule has 116 valence electrons. The third-order valence-electron chi connectivity index (χ3n) is 7.70. The summed E-state index contributed by atoms with van der Waals surface area (Å²) in [6, 6.07) is 0.729. The second-order valence-corrected chi connectivity index (χ2v) is 8.54. The van der Waals surface area contributed by atoms with E-state index in [1.54, 1.807) is 0 Å². The molecule has 7 atom stereocenters. The van der Waals surface area contributed by atoms with Gasteiger partial charge in [0.25, 0.3) is 0 Å². The maximum Gasteiger partial charge on any atom is 0.237 e. The molecule has 1 saturated heterocycles. The van der Waals surface area contributed by atoms with Crippen molar-refractivity contribution in [2.24, 2.45) is 29.1 Å². The number of likely N-dealkylation sites (tertiary alicyclic amines) is 1.